The third-order valence-electron chi connectivity index (χ3n) is 4.24. The number of aromatic nitrogens is 1. The fourth-order valence-electron chi connectivity index (χ4n) is 2.80. The van der Waals surface area contributed by atoms with Crippen LogP contribution in [0, 0.1) is 0 Å². The van der Waals surface area contributed by atoms with E-state index in [0.717, 1.165) is 39.1 Å². The van der Waals surface area contributed by atoms with E-state index in [-0.39, 0.29) is 37.3 Å². The maximum absolute atomic E-state index is 11.9. The minimum Gasteiger partial charge on any atom is -0.484 e. The summed E-state index contributed by atoms with van der Waals surface area (Å²) in [7, 11) is 0. The maximum Gasteiger partial charge on any atom is 0.257 e. The molecule has 1 aromatic carbocycles. The molecule has 0 bridgehead atoms. The summed E-state index contributed by atoms with van der Waals surface area (Å²) in [5.74, 6) is 1.72. The first-order chi connectivity index (χ1) is 13.3. The SMILES string of the molecule is Cl.Cl.O=C(COc1ccc(Oc2ccccn2)cc1)NCCCN1CCNCC1. The lowest BCUT2D eigenvalue weighted by molar-refractivity contribution is -0.123. The van der Waals surface area contributed by atoms with Crippen LogP contribution in [0.25, 0.3) is 0 Å². The summed E-state index contributed by atoms with van der Waals surface area (Å²) in [5, 5.41) is 6.23. The van der Waals surface area contributed by atoms with Gasteiger partial charge in [-0.05, 0) is 43.3 Å². The Kier molecular flexibility index (Phi) is 12.1. The molecule has 2 heterocycles. The number of benzene rings is 1. The second-order valence-corrected chi connectivity index (χ2v) is 6.33. The van der Waals surface area contributed by atoms with Crippen molar-refractivity contribution in [3.05, 3.63) is 48.7 Å². The van der Waals surface area contributed by atoms with Crippen molar-refractivity contribution in [2.24, 2.45) is 0 Å². The van der Waals surface area contributed by atoms with Crippen LogP contribution in [0.15, 0.2) is 48.7 Å². The molecule has 1 saturated heterocycles. The topological polar surface area (TPSA) is 75.7 Å². The number of piperazine rings is 1. The zero-order chi connectivity index (χ0) is 18.7. The average Bonchev–Trinajstić information content (AvgIpc) is 2.72. The first-order valence-corrected chi connectivity index (χ1v) is 9.31. The van der Waals surface area contributed by atoms with Gasteiger partial charge in [-0.15, -0.1) is 24.8 Å². The molecule has 9 heteroatoms. The van der Waals surface area contributed by atoms with Crippen molar-refractivity contribution in [2.45, 2.75) is 6.42 Å². The Morgan fingerprint density at radius 2 is 1.79 bits per heavy atom. The van der Waals surface area contributed by atoms with Gasteiger partial charge in [-0.25, -0.2) is 4.98 Å². The zero-order valence-electron chi connectivity index (χ0n) is 16.2. The van der Waals surface area contributed by atoms with E-state index >= 15 is 0 Å². The predicted molar refractivity (Wildman–Crippen MR) is 118 cm³/mol. The molecule has 1 amide bonds. The Hall–Kier alpha value is -2.06. The number of amides is 1. The molecule has 0 atom stereocenters. The van der Waals surface area contributed by atoms with E-state index in [1.165, 1.54) is 0 Å². The second kappa shape index (κ2) is 14.0. The molecule has 1 aromatic heterocycles. The van der Waals surface area contributed by atoms with Gasteiger partial charge in [-0.3, -0.25) is 4.79 Å². The first-order valence-electron chi connectivity index (χ1n) is 9.31. The highest BCUT2D eigenvalue weighted by molar-refractivity contribution is 5.85. The Morgan fingerprint density at radius 1 is 1.07 bits per heavy atom. The molecule has 3 rings (SSSR count). The molecule has 2 N–H and O–H groups in total. The Balaban J connectivity index is 0.00000210. The molecule has 1 aliphatic heterocycles. The molecule has 160 valence electrons. The molecule has 1 fully saturated rings. The molecule has 7 nitrogen and oxygen atoms in total. The lowest BCUT2D eigenvalue weighted by atomic mass is 10.3. The van der Waals surface area contributed by atoms with Crippen molar-refractivity contribution in [3.63, 3.8) is 0 Å². The Labute approximate surface area is 184 Å². The van der Waals surface area contributed by atoms with E-state index in [1.54, 1.807) is 36.5 Å². The zero-order valence-corrected chi connectivity index (χ0v) is 17.8. The van der Waals surface area contributed by atoms with Crippen molar-refractivity contribution >= 4 is 30.7 Å². The summed E-state index contributed by atoms with van der Waals surface area (Å²) in [4.78, 5) is 18.4. The Bertz CT molecular complexity index is 699. The molecule has 0 aliphatic carbocycles. The smallest absolute Gasteiger partial charge is 0.257 e. The second-order valence-electron chi connectivity index (χ2n) is 6.33. The quantitative estimate of drug-likeness (QED) is 0.581. The maximum atomic E-state index is 11.9. The number of carbonyl (C=O) groups excluding carboxylic acids is 1. The number of nitrogens with one attached hydrogen (secondary N) is 2. The van der Waals surface area contributed by atoms with E-state index in [9.17, 15) is 4.79 Å². The van der Waals surface area contributed by atoms with Gasteiger partial charge in [0.2, 0.25) is 5.88 Å². The minimum absolute atomic E-state index is 0. The summed E-state index contributed by atoms with van der Waals surface area (Å²) in [5.41, 5.74) is 0. The highest BCUT2D eigenvalue weighted by atomic mass is 35.5. The van der Waals surface area contributed by atoms with Crippen molar-refractivity contribution in [3.8, 4) is 17.4 Å². The molecule has 0 saturated carbocycles. The number of carbonyl (C=O) groups is 1. The number of rotatable bonds is 9. The van der Waals surface area contributed by atoms with Gasteiger partial charge in [0.25, 0.3) is 5.91 Å². The van der Waals surface area contributed by atoms with Crippen molar-refractivity contribution < 1.29 is 14.3 Å². The number of hydrogen-bond acceptors (Lipinski definition) is 6. The van der Waals surface area contributed by atoms with E-state index in [1.807, 2.05) is 12.1 Å². The molecule has 0 unspecified atom stereocenters. The summed E-state index contributed by atoms with van der Waals surface area (Å²) >= 11 is 0. The molecule has 0 spiro atoms. The van der Waals surface area contributed by atoms with Crippen LogP contribution in [0.2, 0.25) is 0 Å². The fraction of sp³-hybridized carbons (Fsp3) is 0.400. The van der Waals surface area contributed by atoms with Crippen molar-refractivity contribution in [2.75, 3.05) is 45.9 Å². The van der Waals surface area contributed by atoms with Gasteiger partial charge in [0.1, 0.15) is 11.5 Å². The molecule has 29 heavy (non-hydrogen) atoms. The molecule has 2 aromatic rings. The molecular weight excluding hydrogens is 415 g/mol. The van der Waals surface area contributed by atoms with Gasteiger partial charge in [0, 0.05) is 45.0 Å². The van der Waals surface area contributed by atoms with Gasteiger partial charge < -0.3 is 25.0 Å². The number of ether oxygens (including phenoxy) is 2. The van der Waals surface area contributed by atoms with E-state index < -0.39 is 0 Å². The number of halogens is 2. The predicted octanol–water partition coefficient (Wildman–Crippen LogP) is 2.51. The lowest BCUT2D eigenvalue weighted by Crippen LogP contribution is -2.44. The lowest BCUT2D eigenvalue weighted by Gasteiger charge is -2.27. The number of pyridine rings is 1. The minimum atomic E-state index is -0.107. The van der Waals surface area contributed by atoms with E-state index in [4.69, 9.17) is 9.47 Å². The number of nitrogens with zero attached hydrogens (tertiary/aromatic N) is 2. The van der Waals surface area contributed by atoms with Gasteiger partial charge in [-0.2, -0.15) is 0 Å². The number of hydrogen-bond donors (Lipinski definition) is 2. The van der Waals surface area contributed by atoms with Gasteiger partial charge in [0.15, 0.2) is 6.61 Å². The summed E-state index contributed by atoms with van der Waals surface area (Å²) in [6.07, 6.45) is 2.63. The van der Waals surface area contributed by atoms with Crippen LogP contribution in [-0.2, 0) is 4.79 Å². The van der Waals surface area contributed by atoms with Crippen molar-refractivity contribution in [1.29, 1.82) is 0 Å². The first kappa shape index (κ1) is 25.0. The summed E-state index contributed by atoms with van der Waals surface area (Å²) in [6.45, 7) is 5.95. The highest BCUT2D eigenvalue weighted by Gasteiger charge is 2.09. The third kappa shape index (κ3) is 9.32. The van der Waals surface area contributed by atoms with E-state index in [0.29, 0.717) is 23.9 Å². The van der Waals surface area contributed by atoms with Crippen LogP contribution in [-0.4, -0.2) is 61.7 Å². The summed E-state index contributed by atoms with van der Waals surface area (Å²) < 4.78 is 11.1. The fourth-order valence-corrected chi connectivity index (χ4v) is 2.80. The van der Waals surface area contributed by atoms with Crippen LogP contribution in [0.5, 0.6) is 17.4 Å². The monoisotopic (exact) mass is 442 g/mol. The van der Waals surface area contributed by atoms with Crippen LogP contribution in [0.4, 0.5) is 0 Å². The molecule has 0 radical (unpaired) electrons. The van der Waals surface area contributed by atoms with Crippen LogP contribution >= 0.6 is 24.8 Å². The molecule has 1 aliphatic rings. The molecular formula is C20H28Cl2N4O3. The average molecular weight is 443 g/mol. The van der Waals surface area contributed by atoms with Gasteiger partial charge in [0.05, 0.1) is 0 Å². The standard InChI is InChI=1S/C20H26N4O3.2ClH/c25-19(22-10-3-13-24-14-11-21-12-15-24)16-26-17-5-7-18(8-6-17)27-20-4-1-2-9-23-20;;/h1-2,4-9,21H,3,10-16H2,(H,22,25);2*1H. The third-order valence-corrected chi connectivity index (χ3v) is 4.24. The highest BCUT2D eigenvalue weighted by Crippen LogP contribution is 2.22. The van der Waals surface area contributed by atoms with Gasteiger partial charge >= 0.3 is 0 Å². The van der Waals surface area contributed by atoms with Crippen LogP contribution in [0.1, 0.15) is 6.42 Å². The Morgan fingerprint density at radius 3 is 2.48 bits per heavy atom. The van der Waals surface area contributed by atoms with Crippen LogP contribution in [0.3, 0.4) is 0 Å². The largest absolute Gasteiger partial charge is 0.484 e. The normalized spacial score (nSPS) is 13.5. The summed E-state index contributed by atoms with van der Waals surface area (Å²) in [6, 6.07) is 12.6. The van der Waals surface area contributed by atoms with E-state index in [2.05, 4.69) is 20.5 Å². The van der Waals surface area contributed by atoms with Crippen LogP contribution < -0.4 is 20.1 Å². The van der Waals surface area contributed by atoms with Crippen molar-refractivity contribution in [1.82, 2.24) is 20.5 Å². The van der Waals surface area contributed by atoms with Gasteiger partial charge in [-0.1, -0.05) is 6.07 Å².